The summed E-state index contributed by atoms with van der Waals surface area (Å²) in [4.78, 5) is 17.9. The quantitative estimate of drug-likeness (QED) is 0.721. The van der Waals surface area contributed by atoms with E-state index in [1.165, 1.54) is 0 Å². The lowest BCUT2D eigenvalue weighted by Crippen LogP contribution is -2.26. The molecule has 1 aromatic carbocycles. The van der Waals surface area contributed by atoms with Gasteiger partial charge in [-0.25, -0.2) is 4.98 Å². The number of unbranched alkanes of at least 4 members (excludes halogenated alkanes) is 2. The molecule has 0 bridgehead atoms. The third-order valence-corrected chi connectivity index (χ3v) is 4.01. The van der Waals surface area contributed by atoms with E-state index in [-0.39, 0.29) is 5.91 Å². The number of carbonyl (C=O) groups excluding carboxylic acids is 1. The molecule has 0 spiro atoms. The van der Waals surface area contributed by atoms with Gasteiger partial charge in [-0.05, 0) is 37.5 Å². The first-order chi connectivity index (χ1) is 10.6. The van der Waals surface area contributed by atoms with E-state index in [0.29, 0.717) is 11.4 Å². The molecule has 0 fully saturated rings. The predicted molar refractivity (Wildman–Crippen MR) is 90.3 cm³/mol. The van der Waals surface area contributed by atoms with Crippen LogP contribution in [-0.2, 0) is 11.3 Å². The Morgan fingerprint density at radius 2 is 2.14 bits per heavy atom. The molecule has 5 heteroatoms. The van der Waals surface area contributed by atoms with Gasteiger partial charge >= 0.3 is 0 Å². The molecule has 2 rings (SSSR count). The Morgan fingerprint density at radius 3 is 2.82 bits per heavy atom. The summed E-state index contributed by atoms with van der Waals surface area (Å²) >= 11 is 6.21. The highest BCUT2D eigenvalue weighted by atomic mass is 35.5. The van der Waals surface area contributed by atoms with Crippen molar-refractivity contribution in [2.75, 3.05) is 11.9 Å². The molecule has 0 saturated heterocycles. The van der Waals surface area contributed by atoms with E-state index in [0.717, 1.165) is 37.1 Å². The van der Waals surface area contributed by atoms with Gasteiger partial charge in [0.1, 0.15) is 0 Å². The molecule has 118 valence electrons. The fourth-order valence-corrected chi connectivity index (χ4v) is 2.71. The van der Waals surface area contributed by atoms with E-state index < -0.39 is 0 Å². The molecule has 1 heterocycles. The maximum atomic E-state index is 12.2. The molecule has 4 nitrogen and oxygen atoms in total. The van der Waals surface area contributed by atoms with Gasteiger partial charge in [0.15, 0.2) is 0 Å². The normalized spacial score (nSPS) is 10.7. The molecule has 22 heavy (non-hydrogen) atoms. The molecule has 1 amide bonds. The zero-order valence-electron chi connectivity index (χ0n) is 13.1. The van der Waals surface area contributed by atoms with Crippen molar-refractivity contribution < 1.29 is 4.79 Å². The molecule has 0 aliphatic heterocycles. The van der Waals surface area contributed by atoms with E-state index in [9.17, 15) is 4.79 Å². The summed E-state index contributed by atoms with van der Waals surface area (Å²) in [5, 5.41) is 0.621. The number of rotatable bonds is 7. The van der Waals surface area contributed by atoms with Crippen LogP contribution in [0.1, 0.15) is 31.2 Å². The van der Waals surface area contributed by atoms with Gasteiger partial charge in [0.05, 0.1) is 17.0 Å². The summed E-state index contributed by atoms with van der Waals surface area (Å²) in [6.07, 6.45) is 9.07. The van der Waals surface area contributed by atoms with Crippen molar-refractivity contribution in [3.05, 3.63) is 47.5 Å². The number of halogens is 1. The van der Waals surface area contributed by atoms with Gasteiger partial charge in [0.2, 0.25) is 5.91 Å². The van der Waals surface area contributed by atoms with Crippen LogP contribution in [0, 0.1) is 6.92 Å². The number of hydrogen-bond donors (Lipinski definition) is 0. The highest BCUT2D eigenvalue weighted by Gasteiger charge is 2.13. The minimum absolute atomic E-state index is 0.105. The van der Waals surface area contributed by atoms with Gasteiger partial charge in [-0.1, -0.05) is 24.1 Å². The second kappa shape index (κ2) is 7.99. The van der Waals surface area contributed by atoms with Crippen LogP contribution in [0.2, 0.25) is 5.02 Å². The Labute approximate surface area is 136 Å². The lowest BCUT2D eigenvalue weighted by molar-refractivity contribution is -0.118. The Balaban J connectivity index is 1.74. The molecular formula is C17H22ClN3O. The van der Waals surface area contributed by atoms with Crippen molar-refractivity contribution in [2.45, 2.75) is 39.2 Å². The van der Waals surface area contributed by atoms with E-state index in [4.69, 9.17) is 11.6 Å². The van der Waals surface area contributed by atoms with Crippen LogP contribution < -0.4 is 4.90 Å². The van der Waals surface area contributed by atoms with Crippen molar-refractivity contribution in [3.8, 4) is 0 Å². The Morgan fingerprint density at radius 1 is 1.32 bits per heavy atom. The van der Waals surface area contributed by atoms with Gasteiger partial charge < -0.3 is 9.47 Å². The number of hydrogen-bond acceptors (Lipinski definition) is 2. The van der Waals surface area contributed by atoms with Crippen LogP contribution in [0.5, 0.6) is 0 Å². The maximum Gasteiger partial charge on any atom is 0.226 e. The second-order valence-corrected chi connectivity index (χ2v) is 5.93. The summed E-state index contributed by atoms with van der Waals surface area (Å²) in [6, 6.07) is 5.75. The zero-order chi connectivity index (χ0) is 15.9. The second-order valence-electron chi connectivity index (χ2n) is 5.52. The molecule has 0 aliphatic carbocycles. The van der Waals surface area contributed by atoms with Gasteiger partial charge in [0.25, 0.3) is 0 Å². The number of anilines is 1. The standard InChI is InChI=1S/C17H22ClN3O/c1-14-7-8-16(15(18)12-14)20(2)17(22)6-4-3-5-10-21-11-9-19-13-21/h7-9,11-13H,3-6,10H2,1-2H3. The summed E-state index contributed by atoms with van der Waals surface area (Å²) in [7, 11) is 1.78. The number of imidazole rings is 1. The van der Waals surface area contributed by atoms with Crippen LogP contribution in [0.4, 0.5) is 5.69 Å². The SMILES string of the molecule is Cc1ccc(N(C)C(=O)CCCCCn2ccnc2)c(Cl)c1. The van der Waals surface area contributed by atoms with Gasteiger partial charge in [-0.15, -0.1) is 0 Å². The van der Waals surface area contributed by atoms with Crippen molar-refractivity contribution in [3.63, 3.8) is 0 Å². The molecule has 0 unspecified atom stereocenters. The molecule has 2 aromatic rings. The molecule has 0 atom stereocenters. The van der Waals surface area contributed by atoms with Crippen molar-refractivity contribution in [2.24, 2.45) is 0 Å². The molecule has 0 N–H and O–H groups in total. The van der Waals surface area contributed by atoms with Crippen molar-refractivity contribution >= 4 is 23.2 Å². The van der Waals surface area contributed by atoms with Gasteiger partial charge in [-0.3, -0.25) is 4.79 Å². The first-order valence-electron chi connectivity index (χ1n) is 7.56. The minimum atomic E-state index is 0.105. The van der Waals surface area contributed by atoms with Gasteiger partial charge in [0, 0.05) is 32.4 Å². The summed E-state index contributed by atoms with van der Waals surface area (Å²) < 4.78 is 2.06. The smallest absolute Gasteiger partial charge is 0.226 e. The molecule has 0 aliphatic rings. The van der Waals surface area contributed by atoms with E-state index in [1.54, 1.807) is 18.1 Å². The topological polar surface area (TPSA) is 38.1 Å². The van der Waals surface area contributed by atoms with E-state index >= 15 is 0 Å². The molecule has 0 saturated carbocycles. The molecular weight excluding hydrogens is 298 g/mol. The fourth-order valence-electron chi connectivity index (χ4n) is 2.35. The van der Waals surface area contributed by atoms with Crippen LogP contribution in [-0.4, -0.2) is 22.5 Å². The Bertz CT molecular complexity index is 610. The lowest BCUT2D eigenvalue weighted by Gasteiger charge is -2.19. The summed E-state index contributed by atoms with van der Waals surface area (Å²) in [5.74, 6) is 0.105. The van der Waals surface area contributed by atoms with E-state index in [1.807, 2.05) is 37.6 Å². The zero-order valence-corrected chi connectivity index (χ0v) is 13.9. The van der Waals surface area contributed by atoms with Crippen molar-refractivity contribution in [1.82, 2.24) is 9.55 Å². The molecule has 1 aromatic heterocycles. The minimum Gasteiger partial charge on any atom is -0.337 e. The summed E-state index contributed by atoms with van der Waals surface area (Å²) in [6.45, 7) is 2.94. The van der Waals surface area contributed by atoms with E-state index in [2.05, 4.69) is 9.55 Å². The third-order valence-electron chi connectivity index (χ3n) is 3.70. The number of aryl methyl sites for hydroxylation is 2. The number of aromatic nitrogens is 2. The maximum absolute atomic E-state index is 12.2. The Kier molecular flexibility index (Phi) is 6.01. The number of amides is 1. The average Bonchev–Trinajstić information content (AvgIpc) is 2.99. The predicted octanol–water partition coefficient (Wildman–Crippen LogP) is 4.07. The van der Waals surface area contributed by atoms with Crippen LogP contribution in [0.15, 0.2) is 36.9 Å². The van der Waals surface area contributed by atoms with Crippen LogP contribution >= 0.6 is 11.6 Å². The highest BCUT2D eigenvalue weighted by molar-refractivity contribution is 6.33. The third kappa shape index (κ3) is 4.60. The monoisotopic (exact) mass is 319 g/mol. The molecule has 0 radical (unpaired) electrons. The fraction of sp³-hybridized carbons (Fsp3) is 0.412. The number of nitrogens with zero attached hydrogens (tertiary/aromatic N) is 3. The largest absolute Gasteiger partial charge is 0.337 e. The number of carbonyl (C=O) groups is 1. The lowest BCUT2D eigenvalue weighted by atomic mass is 10.1. The van der Waals surface area contributed by atoms with Crippen LogP contribution in [0.25, 0.3) is 0 Å². The highest BCUT2D eigenvalue weighted by Crippen LogP contribution is 2.26. The first-order valence-corrected chi connectivity index (χ1v) is 7.94. The Hall–Kier alpha value is -1.81. The number of benzene rings is 1. The van der Waals surface area contributed by atoms with Crippen molar-refractivity contribution in [1.29, 1.82) is 0 Å². The van der Waals surface area contributed by atoms with Gasteiger partial charge in [-0.2, -0.15) is 0 Å². The first kappa shape index (κ1) is 16.6. The average molecular weight is 320 g/mol. The summed E-state index contributed by atoms with van der Waals surface area (Å²) in [5.41, 5.74) is 1.87. The van der Waals surface area contributed by atoms with Crippen LogP contribution in [0.3, 0.4) is 0 Å².